The van der Waals surface area contributed by atoms with Gasteiger partial charge in [0.15, 0.2) is 11.5 Å². The van der Waals surface area contributed by atoms with E-state index in [0.29, 0.717) is 40.9 Å². The molecule has 1 atom stereocenters. The summed E-state index contributed by atoms with van der Waals surface area (Å²) in [7, 11) is 3.14. The monoisotopic (exact) mass is 438 g/mol. The zero-order valence-electron chi connectivity index (χ0n) is 18.2. The third-order valence-corrected chi connectivity index (χ3v) is 5.03. The molecule has 0 bridgehead atoms. The number of fused-ring (bicyclic) bond motifs is 1. The summed E-state index contributed by atoms with van der Waals surface area (Å²) in [6, 6.07) is 11.8. The maximum Gasteiger partial charge on any atom is 0.272 e. The highest BCUT2D eigenvalue weighted by atomic mass is 16.5. The van der Waals surface area contributed by atoms with Crippen molar-refractivity contribution in [2.75, 3.05) is 20.8 Å². The molecule has 0 saturated heterocycles. The lowest BCUT2D eigenvalue weighted by atomic mass is 10.1. The number of benzene rings is 2. The van der Waals surface area contributed by atoms with Gasteiger partial charge < -0.3 is 20.1 Å². The summed E-state index contributed by atoms with van der Waals surface area (Å²) in [5.41, 5.74) is 1.11. The van der Waals surface area contributed by atoms with E-state index in [4.69, 9.17) is 9.47 Å². The summed E-state index contributed by atoms with van der Waals surface area (Å²) >= 11 is 0. The standard InChI is InChI=1S/C23H26N4O5/c1-14(22(29)24-11-10-15-8-9-19(31-2)20(12-15)32-3)25-21(28)13-18-16-6-4-5-7-17(16)23(30)27-26-18/h4-9,12,14H,10-11,13H2,1-3H3,(H,24,29)(H,25,28)(H,27,30)/t14-/m0/s1. The average molecular weight is 438 g/mol. The van der Waals surface area contributed by atoms with Gasteiger partial charge in [-0.3, -0.25) is 14.4 Å². The number of nitrogens with one attached hydrogen (secondary N) is 3. The molecule has 0 aliphatic rings. The number of H-pyrrole nitrogens is 1. The first-order valence-electron chi connectivity index (χ1n) is 10.2. The number of methoxy groups -OCH3 is 2. The Hall–Kier alpha value is -3.88. The van der Waals surface area contributed by atoms with Crippen molar-refractivity contribution < 1.29 is 19.1 Å². The number of hydrogen-bond acceptors (Lipinski definition) is 6. The van der Waals surface area contributed by atoms with Crippen LogP contribution in [-0.2, 0) is 22.4 Å². The fourth-order valence-corrected chi connectivity index (χ4v) is 3.34. The minimum atomic E-state index is -0.720. The molecule has 168 valence electrons. The molecule has 3 aromatic rings. The number of aromatic amines is 1. The number of hydrogen-bond donors (Lipinski definition) is 3. The van der Waals surface area contributed by atoms with E-state index in [0.717, 1.165) is 5.56 Å². The lowest BCUT2D eigenvalue weighted by Crippen LogP contribution is -2.45. The van der Waals surface area contributed by atoms with E-state index in [9.17, 15) is 14.4 Å². The molecule has 0 saturated carbocycles. The van der Waals surface area contributed by atoms with Gasteiger partial charge in [0, 0.05) is 11.9 Å². The highest BCUT2D eigenvalue weighted by Crippen LogP contribution is 2.27. The van der Waals surface area contributed by atoms with Gasteiger partial charge in [-0.15, -0.1) is 0 Å². The SMILES string of the molecule is COc1ccc(CCNC(=O)[C@H](C)NC(=O)Cc2n[nH]c(=O)c3ccccc23)cc1OC. The summed E-state index contributed by atoms with van der Waals surface area (Å²) < 4.78 is 10.5. The van der Waals surface area contributed by atoms with Gasteiger partial charge in [-0.2, -0.15) is 5.10 Å². The number of aromatic nitrogens is 2. The van der Waals surface area contributed by atoms with Crippen molar-refractivity contribution in [3.8, 4) is 11.5 Å². The van der Waals surface area contributed by atoms with Crippen molar-refractivity contribution >= 4 is 22.6 Å². The van der Waals surface area contributed by atoms with Crippen LogP contribution in [0.25, 0.3) is 10.8 Å². The second-order valence-electron chi connectivity index (χ2n) is 7.24. The fourth-order valence-electron chi connectivity index (χ4n) is 3.34. The molecule has 0 spiro atoms. The van der Waals surface area contributed by atoms with Crippen LogP contribution in [0.5, 0.6) is 11.5 Å². The van der Waals surface area contributed by atoms with E-state index < -0.39 is 6.04 Å². The summed E-state index contributed by atoms with van der Waals surface area (Å²) in [6.45, 7) is 2.02. The minimum absolute atomic E-state index is 0.0550. The van der Waals surface area contributed by atoms with Crippen LogP contribution >= 0.6 is 0 Å². The first kappa shape index (κ1) is 22.8. The Labute approximate surface area is 185 Å². The quantitative estimate of drug-likeness (QED) is 0.464. The zero-order chi connectivity index (χ0) is 23.1. The van der Waals surface area contributed by atoms with Crippen LogP contribution in [-0.4, -0.2) is 48.8 Å². The molecule has 2 aromatic carbocycles. The Balaban J connectivity index is 1.52. The number of carbonyl (C=O) groups is 2. The van der Waals surface area contributed by atoms with Crippen LogP contribution < -0.4 is 25.7 Å². The Kier molecular flexibility index (Phi) is 7.43. The predicted octanol–water partition coefficient (Wildman–Crippen LogP) is 1.35. The Morgan fingerprint density at radius 3 is 2.50 bits per heavy atom. The Morgan fingerprint density at radius 1 is 1.06 bits per heavy atom. The molecule has 0 aliphatic carbocycles. The van der Waals surface area contributed by atoms with Crippen LogP contribution in [0.1, 0.15) is 18.2 Å². The van der Waals surface area contributed by atoms with Gasteiger partial charge in [-0.25, -0.2) is 5.10 Å². The van der Waals surface area contributed by atoms with Gasteiger partial charge in [0.05, 0.1) is 31.7 Å². The van der Waals surface area contributed by atoms with E-state index in [-0.39, 0.29) is 23.8 Å². The van der Waals surface area contributed by atoms with Crippen LogP contribution in [0.15, 0.2) is 47.3 Å². The van der Waals surface area contributed by atoms with Crippen molar-refractivity contribution in [1.29, 1.82) is 0 Å². The van der Waals surface area contributed by atoms with Crippen LogP contribution in [0.4, 0.5) is 0 Å². The maximum atomic E-state index is 12.4. The first-order chi connectivity index (χ1) is 15.4. The second kappa shape index (κ2) is 10.4. The van der Waals surface area contributed by atoms with E-state index in [2.05, 4.69) is 20.8 Å². The van der Waals surface area contributed by atoms with Gasteiger partial charge in [0.2, 0.25) is 11.8 Å². The third kappa shape index (κ3) is 5.42. The molecule has 32 heavy (non-hydrogen) atoms. The molecule has 1 heterocycles. The van der Waals surface area contributed by atoms with Crippen molar-refractivity contribution in [2.45, 2.75) is 25.8 Å². The number of amides is 2. The lowest BCUT2D eigenvalue weighted by molar-refractivity contribution is -0.128. The van der Waals surface area contributed by atoms with E-state index >= 15 is 0 Å². The largest absolute Gasteiger partial charge is 0.493 e. The van der Waals surface area contributed by atoms with Crippen LogP contribution in [0.3, 0.4) is 0 Å². The minimum Gasteiger partial charge on any atom is -0.493 e. The molecule has 0 fully saturated rings. The maximum absolute atomic E-state index is 12.4. The molecule has 0 aliphatic heterocycles. The van der Waals surface area contributed by atoms with Crippen LogP contribution in [0, 0.1) is 0 Å². The molecule has 0 unspecified atom stereocenters. The highest BCUT2D eigenvalue weighted by Gasteiger charge is 2.17. The first-order valence-corrected chi connectivity index (χ1v) is 10.2. The highest BCUT2D eigenvalue weighted by molar-refractivity contribution is 5.91. The molecule has 0 radical (unpaired) electrons. The number of rotatable bonds is 9. The Bertz CT molecular complexity index is 1170. The third-order valence-electron chi connectivity index (χ3n) is 5.03. The van der Waals surface area contributed by atoms with Crippen molar-refractivity contribution in [3.63, 3.8) is 0 Å². The predicted molar refractivity (Wildman–Crippen MR) is 120 cm³/mol. The van der Waals surface area contributed by atoms with Crippen molar-refractivity contribution in [3.05, 3.63) is 64.1 Å². The summed E-state index contributed by atoms with van der Waals surface area (Å²) in [5, 5.41) is 12.9. The molecule has 3 rings (SSSR count). The molecule has 1 aromatic heterocycles. The summed E-state index contributed by atoms with van der Waals surface area (Å²) in [6.07, 6.45) is 0.542. The van der Waals surface area contributed by atoms with E-state index in [1.54, 1.807) is 45.4 Å². The normalized spacial score (nSPS) is 11.6. The van der Waals surface area contributed by atoms with E-state index in [1.807, 2.05) is 18.2 Å². The summed E-state index contributed by atoms with van der Waals surface area (Å²) in [4.78, 5) is 36.7. The fraction of sp³-hybridized carbons (Fsp3) is 0.304. The van der Waals surface area contributed by atoms with Gasteiger partial charge in [-0.05, 0) is 37.1 Å². The van der Waals surface area contributed by atoms with Crippen molar-refractivity contribution in [2.24, 2.45) is 0 Å². The topological polar surface area (TPSA) is 122 Å². The molecule has 3 N–H and O–H groups in total. The Morgan fingerprint density at radius 2 is 1.78 bits per heavy atom. The molecule has 9 nitrogen and oxygen atoms in total. The molecular formula is C23H26N4O5. The summed E-state index contributed by atoms with van der Waals surface area (Å²) in [5.74, 6) is 0.608. The molecule has 9 heteroatoms. The van der Waals surface area contributed by atoms with Gasteiger partial charge >= 0.3 is 0 Å². The number of carbonyl (C=O) groups excluding carboxylic acids is 2. The smallest absolute Gasteiger partial charge is 0.272 e. The molecule has 2 amide bonds. The average Bonchev–Trinajstić information content (AvgIpc) is 2.80. The lowest BCUT2D eigenvalue weighted by Gasteiger charge is -2.15. The van der Waals surface area contributed by atoms with Gasteiger partial charge in [0.25, 0.3) is 5.56 Å². The zero-order valence-corrected chi connectivity index (χ0v) is 18.2. The second-order valence-corrected chi connectivity index (χ2v) is 7.24. The van der Waals surface area contributed by atoms with E-state index in [1.165, 1.54) is 0 Å². The van der Waals surface area contributed by atoms with Crippen LogP contribution in [0.2, 0.25) is 0 Å². The van der Waals surface area contributed by atoms with Crippen molar-refractivity contribution in [1.82, 2.24) is 20.8 Å². The molecular weight excluding hydrogens is 412 g/mol. The van der Waals surface area contributed by atoms with Gasteiger partial charge in [-0.1, -0.05) is 24.3 Å². The van der Waals surface area contributed by atoms with Gasteiger partial charge in [0.1, 0.15) is 6.04 Å². The number of ether oxygens (including phenoxy) is 2. The number of nitrogens with zero attached hydrogens (tertiary/aromatic N) is 1.